The monoisotopic (exact) mass is 478 g/mol. The number of benzene rings is 2. The molecule has 6 nitrogen and oxygen atoms in total. The maximum absolute atomic E-state index is 12.3. The average molecular weight is 480 g/mol. The van der Waals surface area contributed by atoms with Gasteiger partial charge in [-0.3, -0.25) is 14.9 Å². The minimum Gasteiger partial charge on any atom is -0.290 e. The SMILES string of the molecule is Br.O=C(C[n+]1ccc(-c2cccc(Br)c2)nc1)c1cccc([N+](=O)[O-])c1. The number of carbonyl (C=O) groups excluding carboxylic acids is 1. The average Bonchev–Trinajstić information content (AvgIpc) is 2.62. The summed E-state index contributed by atoms with van der Waals surface area (Å²) in [5.74, 6) is -0.217. The molecule has 0 unspecified atom stereocenters. The van der Waals surface area contributed by atoms with E-state index < -0.39 is 4.92 Å². The van der Waals surface area contributed by atoms with Gasteiger partial charge in [0, 0.05) is 33.8 Å². The van der Waals surface area contributed by atoms with E-state index >= 15 is 0 Å². The van der Waals surface area contributed by atoms with Crippen LogP contribution in [0.1, 0.15) is 10.4 Å². The highest BCUT2D eigenvalue weighted by molar-refractivity contribution is 9.10. The number of hydrogen-bond acceptors (Lipinski definition) is 4. The van der Waals surface area contributed by atoms with Gasteiger partial charge in [-0.15, -0.1) is 17.0 Å². The number of carbonyl (C=O) groups is 1. The first-order valence-corrected chi connectivity index (χ1v) is 8.21. The zero-order valence-corrected chi connectivity index (χ0v) is 16.7. The molecule has 3 rings (SSSR count). The molecule has 2 aromatic carbocycles. The van der Waals surface area contributed by atoms with Crippen molar-refractivity contribution in [1.29, 1.82) is 0 Å². The summed E-state index contributed by atoms with van der Waals surface area (Å²) < 4.78 is 2.60. The number of rotatable bonds is 5. The topological polar surface area (TPSA) is 77.0 Å². The van der Waals surface area contributed by atoms with E-state index in [4.69, 9.17) is 0 Å². The third-order valence-corrected chi connectivity index (χ3v) is 4.09. The number of nitro benzene ring substituents is 1. The lowest BCUT2D eigenvalue weighted by Gasteiger charge is -2.01. The standard InChI is InChI=1S/C18H13BrN3O3.BrH/c19-15-5-1-3-13(9-15)17-7-8-21(12-20-17)11-18(23)14-4-2-6-16(10-14)22(24)25;/h1-10,12H,11H2;1H/q+1;. The number of Topliss-reactive ketones (excluding diaryl/α,β-unsaturated/α-hetero) is 1. The van der Waals surface area contributed by atoms with Crippen LogP contribution >= 0.6 is 32.9 Å². The molecule has 1 heterocycles. The van der Waals surface area contributed by atoms with E-state index in [2.05, 4.69) is 20.9 Å². The van der Waals surface area contributed by atoms with Gasteiger partial charge in [0.2, 0.25) is 5.78 Å². The predicted octanol–water partition coefficient (Wildman–Crippen LogP) is 4.17. The quantitative estimate of drug-likeness (QED) is 0.238. The summed E-state index contributed by atoms with van der Waals surface area (Å²) in [6, 6.07) is 15.3. The normalized spacial score (nSPS) is 10.0. The third kappa shape index (κ3) is 4.80. The molecular weight excluding hydrogens is 466 g/mol. The van der Waals surface area contributed by atoms with Gasteiger partial charge in [-0.1, -0.05) is 40.2 Å². The highest BCUT2D eigenvalue weighted by Gasteiger charge is 2.15. The fraction of sp³-hybridized carbons (Fsp3) is 0.0556. The molecule has 132 valence electrons. The van der Waals surface area contributed by atoms with Crippen LogP contribution in [0, 0.1) is 10.1 Å². The zero-order chi connectivity index (χ0) is 17.8. The van der Waals surface area contributed by atoms with Crippen LogP contribution < -0.4 is 4.57 Å². The molecular formula is C18H14Br2N3O3+. The molecule has 0 aliphatic carbocycles. The van der Waals surface area contributed by atoms with E-state index in [1.165, 1.54) is 18.2 Å². The van der Waals surface area contributed by atoms with E-state index in [0.29, 0.717) is 5.56 Å². The number of nitrogens with zero attached hydrogens (tertiary/aromatic N) is 3. The zero-order valence-electron chi connectivity index (χ0n) is 13.4. The summed E-state index contributed by atoms with van der Waals surface area (Å²) in [7, 11) is 0. The molecule has 0 atom stereocenters. The first-order chi connectivity index (χ1) is 12.0. The lowest BCUT2D eigenvalue weighted by Crippen LogP contribution is -2.37. The van der Waals surface area contributed by atoms with Gasteiger partial charge >= 0.3 is 0 Å². The number of aromatic nitrogens is 2. The van der Waals surface area contributed by atoms with Crippen molar-refractivity contribution in [3.05, 3.63) is 87.3 Å². The van der Waals surface area contributed by atoms with Crippen molar-refractivity contribution < 1.29 is 14.3 Å². The van der Waals surface area contributed by atoms with Crippen LogP contribution in [0.3, 0.4) is 0 Å². The van der Waals surface area contributed by atoms with Crippen LogP contribution in [0.25, 0.3) is 11.3 Å². The summed E-state index contributed by atoms with van der Waals surface area (Å²) in [6.07, 6.45) is 3.34. The first-order valence-electron chi connectivity index (χ1n) is 7.41. The Kier molecular flexibility index (Phi) is 6.70. The molecule has 0 aliphatic rings. The molecule has 1 aromatic heterocycles. The van der Waals surface area contributed by atoms with Crippen LogP contribution in [-0.4, -0.2) is 15.7 Å². The van der Waals surface area contributed by atoms with Crippen molar-refractivity contribution in [2.45, 2.75) is 6.54 Å². The number of non-ortho nitro benzene ring substituents is 1. The Labute approximate surface area is 168 Å². The Morgan fingerprint density at radius 2 is 1.92 bits per heavy atom. The third-order valence-electron chi connectivity index (χ3n) is 3.59. The second-order valence-corrected chi connectivity index (χ2v) is 6.27. The smallest absolute Gasteiger partial charge is 0.287 e. The molecule has 0 bridgehead atoms. The molecule has 0 radical (unpaired) electrons. The van der Waals surface area contributed by atoms with Gasteiger partial charge in [0.25, 0.3) is 12.0 Å². The van der Waals surface area contributed by atoms with Gasteiger partial charge in [-0.05, 0) is 17.1 Å². The van der Waals surface area contributed by atoms with Crippen LogP contribution in [0.5, 0.6) is 0 Å². The van der Waals surface area contributed by atoms with E-state index in [0.717, 1.165) is 15.7 Å². The fourth-order valence-corrected chi connectivity index (χ4v) is 2.75. The molecule has 0 N–H and O–H groups in total. The summed E-state index contributed by atoms with van der Waals surface area (Å²) >= 11 is 3.42. The van der Waals surface area contributed by atoms with Crippen LogP contribution in [-0.2, 0) is 6.54 Å². The van der Waals surface area contributed by atoms with E-state index in [-0.39, 0.29) is 35.0 Å². The fourth-order valence-electron chi connectivity index (χ4n) is 2.35. The lowest BCUT2D eigenvalue weighted by atomic mass is 10.1. The maximum Gasteiger partial charge on any atom is 0.287 e. The van der Waals surface area contributed by atoms with E-state index in [1.807, 2.05) is 30.3 Å². The Morgan fingerprint density at radius 1 is 1.15 bits per heavy atom. The predicted molar refractivity (Wildman–Crippen MR) is 105 cm³/mol. The number of hydrogen-bond donors (Lipinski definition) is 0. The van der Waals surface area contributed by atoms with E-state index in [1.54, 1.807) is 23.2 Å². The van der Waals surface area contributed by atoms with Gasteiger partial charge in [0.15, 0.2) is 12.2 Å². The van der Waals surface area contributed by atoms with Gasteiger partial charge in [0.05, 0.1) is 11.1 Å². The summed E-state index contributed by atoms with van der Waals surface area (Å²) in [6.45, 7) is 0.0624. The molecule has 0 saturated heterocycles. The second-order valence-electron chi connectivity index (χ2n) is 5.36. The highest BCUT2D eigenvalue weighted by Crippen LogP contribution is 2.20. The molecule has 8 heteroatoms. The van der Waals surface area contributed by atoms with E-state index in [9.17, 15) is 14.9 Å². The molecule has 0 spiro atoms. The van der Waals surface area contributed by atoms with Crippen molar-refractivity contribution in [3.63, 3.8) is 0 Å². The van der Waals surface area contributed by atoms with Crippen LogP contribution in [0.2, 0.25) is 0 Å². The van der Waals surface area contributed by atoms with Gasteiger partial charge in [-0.25, -0.2) is 4.57 Å². The van der Waals surface area contributed by atoms with Gasteiger partial charge in [-0.2, -0.15) is 0 Å². The Bertz CT molecular complexity index is 946. The molecule has 0 saturated carbocycles. The molecule has 0 aliphatic heterocycles. The lowest BCUT2D eigenvalue weighted by molar-refractivity contribution is -0.686. The molecule has 26 heavy (non-hydrogen) atoms. The van der Waals surface area contributed by atoms with Crippen LogP contribution in [0.4, 0.5) is 5.69 Å². The summed E-state index contributed by atoms with van der Waals surface area (Å²) in [4.78, 5) is 27.0. The van der Waals surface area contributed by atoms with Crippen molar-refractivity contribution in [3.8, 4) is 11.3 Å². The number of ketones is 1. The van der Waals surface area contributed by atoms with Crippen molar-refractivity contribution in [2.75, 3.05) is 0 Å². The Morgan fingerprint density at radius 3 is 2.58 bits per heavy atom. The van der Waals surface area contributed by atoms with Crippen molar-refractivity contribution in [1.82, 2.24) is 4.98 Å². The van der Waals surface area contributed by atoms with Crippen molar-refractivity contribution >= 4 is 44.4 Å². The minimum absolute atomic E-state index is 0. The van der Waals surface area contributed by atoms with Crippen molar-refractivity contribution in [2.24, 2.45) is 0 Å². The number of halogens is 2. The van der Waals surface area contributed by atoms with Gasteiger partial charge < -0.3 is 0 Å². The Hall–Kier alpha value is -2.45. The highest BCUT2D eigenvalue weighted by atomic mass is 79.9. The summed E-state index contributed by atoms with van der Waals surface area (Å²) in [5, 5.41) is 10.8. The first kappa shape index (κ1) is 19.9. The number of nitro groups is 1. The minimum atomic E-state index is -0.516. The van der Waals surface area contributed by atoms with Crippen LogP contribution in [0.15, 0.2) is 71.6 Å². The molecule has 3 aromatic rings. The summed E-state index contributed by atoms with van der Waals surface area (Å²) in [5.41, 5.74) is 1.96. The molecule has 0 amide bonds. The van der Waals surface area contributed by atoms with Gasteiger partial charge in [0.1, 0.15) is 0 Å². The Balaban J connectivity index is 0.00000243. The second kappa shape index (κ2) is 8.77. The maximum atomic E-state index is 12.3. The molecule has 0 fully saturated rings. The largest absolute Gasteiger partial charge is 0.290 e.